The van der Waals surface area contributed by atoms with Crippen LogP contribution in [0.25, 0.3) is 0 Å². The van der Waals surface area contributed by atoms with E-state index in [1.807, 2.05) is 66.7 Å². The lowest BCUT2D eigenvalue weighted by atomic mass is 10.0. The summed E-state index contributed by atoms with van der Waals surface area (Å²) in [5.41, 5.74) is 2.93. The SMILES string of the molecule is COc1ccc(N2C(=O)c3ccccc3N[C@H]2c2cccc(OC)c2OC)cc1. The van der Waals surface area contributed by atoms with Crippen molar-refractivity contribution in [3.63, 3.8) is 0 Å². The third-order valence-corrected chi connectivity index (χ3v) is 5.01. The van der Waals surface area contributed by atoms with Crippen molar-refractivity contribution in [2.24, 2.45) is 0 Å². The molecule has 0 fully saturated rings. The minimum absolute atomic E-state index is 0.0978. The van der Waals surface area contributed by atoms with E-state index in [1.165, 1.54) is 0 Å². The highest BCUT2D eigenvalue weighted by molar-refractivity contribution is 6.12. The fraction of sp³-hybridized carbons (Fsp3) is 0.174. The predicted molar refractivity (Wildman–Crippen MR) is 112 cm³/mol. The van der Waals surface area contributed by atoms with E-state index in [2.05, 4.69) is 5.32 Å². The molecule has 0 saturated heterocycles. The van der Waals surface area contributed by atoms with Gasteiger partial charge in [-0.2, -0.15) is 0 Å². The van der Waals surface area contributed by atoms with Crippen molar-refractivity contribution in [1.82, 2.24) is 0 Å². The molecule has 4 rings (SSSR count). The Morgan fingerprint density at radius 2 is 1.59 bits per heavy atom. The number of benzene rings is 3. The molecule has 1 N–H and O–H groups in total. The molecule has 1 aliphatic rings. The summed E-state index contributed by atoms with van der Waals surface area (Å²) in [5, 5.41) is 3.49. The van der Waals surface area contributed by atoms with E-state index >= 15 is 0 Å². The van der Waals surface area contributed by atoms with Gasteiger partial charge in [-0.05, 0) is 42.5 Å². The Bertz CT molecular complexity index is 1030. The van der Waals surface area contributed by atoms with Gasteiger partial charge in [-0.3, -0.25) is 9.69 Å². The molecule has 3 aromatic carbocycles. The summed E-state index contributed by atoms with van der Waals surface area (Å²) in [4.78, 5) is 15.2. The quantitative estimate of drug-likeness (QED) is 0.696. The number of hydrogen-bond donors (Lipinski definition) is 1. The first-order valence-corrected chi connectivity index (χ1v) is 9.22. The summed E-state index contributed by atoms with van der Waals surface area (Å²) in [6.45, 7) is 0. The molecule has 148 valence electrons. The van der Waals surface area contributed by atoms with Gasteiger partial charge in [0.25, 0.3) is 5.91 Å². The van der Waals surface area contributed by atoms with Crippen LogP contribution in [0.4, 0.5) is 11.4 Å². The van der Waals surface area contributed by atoms with Crippen molar-refractivity contribution in [2.45, 2.75) is 6.17 Å². The van der Waals surface area contributed by atoms with Gasteiger partial charge < -0.3 is 19.5 Å². The number of fused-ring (bicyclic) bond motifs is 1. The first kappa shape index (κ1) is 18.7. The van der Waals surface area contributed by atoms with Crippen LogP contribution in [-0.4, -0.2) is 27.2 Å². The van der Waals surface area contributed by atoms with Crippen LogP contribution in [-0.2, 0) is 0 Å². The number of rotatable bonds is 5. The third kappa shape index (κ3) is 3.23. The normalized spacial score (nSPS) is 15.3. The maximum absolute atomic E-state index is 13.5. The zero-order chi connectivity index (χ0) is 20.4. The molecule has 6 heteroatoms. The van der Waals surface area contributed by atoms with E-state index in [1.54, 1.807) is 26.2 Å². The number of carbonyl (C=O) groups excluding carboxylic acids is 1. The van der Waals surface area contributed by atoms with E-state index in [0.717, 1.165) is 22.7 Å². The average molecular weight is 390 g/mol. The first-order chi connectivity index (χ1) is 14.2. The molecule has 3 aromatic rings. The lowest BCUT2D eigenvalue weighted by Crippen LogP contribution is -2.43. The van der Waals surface area contributed by atoms with Gasteiger partial charge in [0.2, 0.25) is 0 Å². The van der Waals surface area contributed by atoms with Crippen LogP contribution in [0.2, 0.25) is 0 Å². The summed E-state index contributed by atoms with van der Waals surface area (Å²) in [5.74, 6) is 1.81. The topological polar surface area (TPSA) is 60.0 Å². The standard InChI is InChI=1S/C23H22N2O4/c1-27-16-13-11-15(12-14-16)25-22(18-8-6-10-20(28-2)21(18)29-3)24-19-9-5-4-7-17(19)23(25)26/h4-14,22,24H,1-3H3/t22-/m1/s1. The maximum atomic E-state index is 13.5. The van der Waals surface area contributed by atoms with Gasteiger partial charge in [-0.1, -0.05) is 24.3 Å². The van der Waals surface area contributed by atoms with Crippen LogP contribution in [0.15, 0.2) is 66.7 Å². The second-order valence-electron chi connectivity index (χ2n) is 6.55. The lowest BCUT2D eigenvalue weighted by Gasteiger charge is -2.38. The number of anilines is 2. The number of carbonyl (C=O) groups is 1. The van der Waals surface area contributed by atoms with Crippen molar-refractivity contribution >= 4 is 17.3 Å². The molecule has 29 heavy (non-hydrogen) atoms. The van der Waals surface area contributed by atoms with E-state index < -0.39 is 6.17 Å². The minimum Gasteiger partial charge on any atom is -0.497 e. The van der Waals surface area contributed by atoms with Crippen molar-refractivity contribution in [2.75, 3.05) is 31.5 Å². The molecule has 0 saturated carbocycles. The Morgan fingerprint density at radius 1 is 0.828 bits per heavy atom. The average Bonchev–Trinajstić information content (AvgIpc) is 2.78. The van der Waals surface area contributed by atoms with Crippen LogP contribution in [0.5, 0.6) is 17.2 Å². The number of nitrogens with one attached hydrogen (secondary N) is 1. The third-order valence-electron chi connectivity index (χ3n) is 5.01. The van der Waals surface area contributed by atoms with E-state index in [9.17, 15) is 4.79 Å². The molecular weight excluding hydrogens is 368 g/mol. The van der Waals surface area contributed by atoms with E-state index in [0.29, 0.717) is 17.1 Å². The molecule has 0 aromatic heterocycles. The van der Waals surface area contributed by atoms with E-state index in [4.69, 9.17) is 14.2 Å². The second kappa shape index (κ2) is 7.75. The molecule has 1 heterocycles. The predicted octanol–water partition coefficient (Wildman–Crippen LogP) is 4.48. The Kier molecular flexibility index (Phi) is 4.99. The number of para-hydroxylation sites is 2. The monoisotopic (exact) mass is 390 g/mol. The van der Waals surface area contributed by atoms with Crippen molar-refractivity contribution in [1.29, 1.82) is 0 Å². The Balaban J connectivity index is 1.88. The summed E-state index contributed by atoms with van der Waals surface area (Å²) < 4.78 is 16.4. The Morgan fingerprint density at radius 3 is 2.28 bits per heavy atom. The maximum Gasteiger partial charge on any atom is 0.262 e. The molecule has 6 nitrogen and oxygen atoms in total. The Hall–Kier alpha value is -3.67. The lowest BCUT2D eigenvalue weighted by molar-refractivity contribution is 0.0974. The van der Waals surface area contributed by atoms with Crippen molar-refractivity contribution in [3.8, 4) is 17.2 Å². The molecule has 1 aliphatic heterocycles. The molecule has 0 spiro atoms. The summed E-state index contributed by atoms with van der Waals surface area (Å²) in [6, 6.07) is 20.5. The van der Waals surface area contributed by atoms with Crippen LogP contribution in [0, 0.1) is 0 Å². The fourth-order valence-electron chi connectivity index (χ4n) is 3.61. The van der Waals surface area contributed by atoms with Gasteiger partial charge in [0.15, 0.2) is 11.5 Å². The summed E-state index contributed by atoms with van der Waals surface area (Å²) >= 11 is 0. The minimum atomic E-state index is -0.476. The highest BCUT2D eigenvalue weighted by atomic mass is 16.5. The number of ether oxygens (including phenoxy) is 3. The zero-order valence-electron chi connectivity index (χ0n) is 16.5. The molecule has 0 bridgehead atoms. The number of methoxy groups -OCH3 is 3. The molecule has 0 unspecified atom stereocenters. The van der Waals surface area contributed by atoms with Gasteiger partial charge in [-0.15, -0.1) is 0 Å². The van der Waals surface area contributed by atoms with Gasteiger partial charge in [0.1, 0.15) is 11.9 Å². The smallest absolute Gasteiger partial charge is 0.262 e. The fourth-order valence-corrected chi connectivity index (χ4v) is 3.61. The van der Waals surface area contributed by atoms with Crippen molar-refractivity contribution in [3.05, 3.63) is 77.9 Å². The Labute approximate surface area is 169 Å². The zero-order valence-corrected chi connectivity index (χ0v) is 16.5. The van der Waals surface area contributed by atoms with Gasteiger partial charge >= 0.3 is 0 Å². The molecule has 1 amide bonds. The number of amides is 1. The molecule has 0 aliphatic carbocycles. The number of nitrogens with zero attached hydrogens (tertiary/aromatic N) is 1. The highest BCUT2D eigenvalue weighted by Crippen LogP contribution is 2.42. The highest BCUT2D eigenvalue weighted by Gasteiger charge is 2.36. The second-order valence-corrected chi connectivity index (χ2v) is 6.55. The van der Waals surface area contributed by atoms with Gasteiger partial charge in [0, 0.05) is 16.9 Å². The number of hydrogen-bond acceptors (Lipinski definition) is 5. The first-order valence-electron chi connectivity index (χ1n) is 9.22. The van der Waals surface area contributed by atoms with Crippen LogP contribution < -0.4 is 24.4 Å². The molecule has 1 atom stereocenters. The molecular formula is C23H22N2O4. The van der Waals surface area contributed by atoms with Gasteiger partial charge in [0.05, 0.1) is 26.9 Å². The molecule has 0 radical (unpaired) electrons. The summed E-state index contributed by atoms with van der Waals surface area (Å²) in [7, 11) is 4.80. The van der Waals surface area contributed by atoms with Crippen LogP contribution >= 0.6 is 0 Å². The summed E-state index contributed by atoms with van der Waals surface area (Å²) in [6.07, 6.45) is -0.476. The largest absolute Gasteiger partial charge is 0.497 e. The van der Waals surface area contributed by atoms with Crippen molar-refractivity contribution < 1.29 is 19.0 Å². The van der Waals surface area contributed by atoms with E-state index in [-0.39, 0.29) is 5.91 Å². The van der Waals surface area contributed by atoms with Crippen LogP contribution in [0.3, 0.4) is 0 Å². The van der Waals surface area contributed by atoms with Crippen LogP contribution in [0.1, 0.15) is 22.1 Å². The van der Waals surface area contributed by atoms with Gasteiger partial charge in [-0.25, -0.2) is 0 Å².